The van der Waals surface area contributed by atoms with Crippen LogP contribution in [0.1, 0.15) is 13.8 Å². The van der Waals surface area contributed by atoms with E-state index < -0.39 is 5.97 Å². The maximum atomic E-state index is 9.86. The third kappa shape index (κ3) is 9.04. The zero-order chi connectivity index (χ0) is 5.70. The van der Waals surface area contributed by atoms with E-state index in [1.54, 1.807) is 6.92 Å². The molecule has 0 spiro atoms. The molecule has 0 amide bonds. The quantitative estimate of drug-likeness (QED) is 0.372. The van der Waals surface area contributed by atoms with Gasteiger partial charge in [-0.15, -0.1) is 0 Å². The van der Waals surface area contributed by atoms with Crippen LogP contribution in [0.2, 0.25) is 0 Å². The summed E-state index contributed by atoms with van der Waals surface area (Å²) < 4.78 is 0. The van der Waals surface area contributed by atoms with Crippen LogP contribution in [0.3, 0.4) is 0 Å². The molecule has 0 unspecified atom stereocenters. The molecule has 0 fully saturated rings. The van der Waals surface area contributed by atoms with Crippen molar-refractivity contribution in [2.45, 2.75) is 13.8 Å². The van der Waals surface area contributed by atoms with Crippen molar-refractivity contribution in [3.05, 3.63) is 0 Å². The Hall–Kier alpha value is -0.610. The second kappa shape index (κ2) is 6.39. The van der Waals surface area contributed by atoms with E-state index in [9.17, 15) is 4.79 Å². The van der Waals surface area contributed by atoms with Gasteiger partial charge < -0.3 is 5.48 Å². The van der Waals surface area contributed by atoms with Crippen LogP contribution in [0.4, 0.5) is 0 Å². The number of rotatable bonds is 2. The Labute approximate surface area is 47.6 Å². The van der Waals surface area contributed by atoms with Gasteiger partial charge in [0.15, 0.2) is 0 Å². The molecule has 0 rings (SSSR count). The predicted octanol–water partition coefficient (Wildman–Crippen LogP) is -0.324. The minimum Gasteiger partial charge on any atom is -0.412 e. The Morgan fingerprint density at radius 1 is 1.62 bits per heavy atom. The first-order valence-corrected chi connectivity index (χ1v) is 2.07. The molecule has 0 aliphatic heterocycles. The van der Waals surface area contributed by atoms with Crippen molar-refractivity contribution < 1.29 is 20.0 Å². The molecule has 4 heteroatoms. The lowest BCUT2D eigenvalue weighted by Gasteiger charge is -1.92. The average molecular weight is 122 g/mol. The van der Waals surface area contributed by atoms with E-state index in [1.165, 1.54) is 6.92 Å². The van der Waals surface area contributed by atoms with E-state index in [4.69, 9.17) is 0 Å². The first-order valence-electron chi connectivity index (χ1n) is 2.07. The molecule has 0 bridgehead atoms. The van der Waals surface area contributed by atoms with E-state index in [2.05, 4.69) is 9.78 Å². The van der Waals surface area contributed by atoms with Crippen LogP contribution in [-0.4, -0.2) is 18.1 Å². The van der Waals surface area contributed by atoms with Gasteiger partial charge in [-0.05, 0) is 6.92 Å². The summed E-state index contributed by atoms with van der Waals surface area (Å²) in [5.41, 5.74) is 0. The molecular weight excluding hydrogens is 112 g/mol. The molecule has 0 aromatic rings. The maximum Gasteiger partial charge on any atom is 0.339 e. The zero-order valence-electron chi connectivity index (χ0n) is 4.93. The van der Waals surface area contributed by atoms with Crippen LogP contribution < -0.4 is 0 Å². The van der Waals surface area contributed by atoms with Crippen LogP contribution in [0.15, 0.2) is 0 Å². The summed E-state index contributed by atoms with van der Waals surface area (Å²) in [6.07, 6.45) is 0. The minimum atomic E-state index is -0.415. The Morgan fingerprint density at radius 3 is 2.25 bits per heavy atom. The second-order valence-electron chi connectivity index (χ2n) is 0.981. The fraction of sp³-hybridized carbons (Fsp3) is 0.750. The average Bonchev–Trinajstić information content (AvgIpc) is 1.61. The van der Waals surface area contributed by atoms with E-state index in [-0.39, 0.29) is 5.48 Å². The molecule has 0 aliphatic carbocycles. The van der Waals surface area contributed by atoms with Gasteiger partial charge >= 0.3 is 5.97 Å². The standard InChI is InChI=1S/C4H8O3.H2O/c1-3-6-7-4(2)5;/h3H2,1-2H3;1H2. The van der Waals surface area contributed by atoms with Gasteiger partial charge in [0.1, 0.15) is 0 Å². The van der Waals surface area contributed by atoms with Gasteiger partial charge in [-0.1, -0.05) is 0 Å². The molecule has 4 nitrogen and oxygen atoms in total. The minimum absolute atomic E-state index is 0. The lowest BCUT2D eigenvalue weighted by molar-refractivity contribution is -0.267. The van der Waals surface area contributed by atoms with Crippen molar-refractivity contribution >= 4 is 5.97 Å². The largest absolute Gasteiger partial charge is 0.412 e. The molecule has 0 radical (unpaired) electrons. The highest BCUT2D eigenvalue weighted by atomic mass is 17.2. The van der Waals surface area contributed by atoms with E-state index >= 15 is 0 Å². The maximum absolute atomic E-state index is 9.86. The molecule has 2 N–H and O–H groups in total. The number of hydrogen-bond donors (Lipinski definition) is 0. The smallest absolute Gasteiger partial charge is 0.339 e. The Morgan fingerprint density at radius 2 is 2.12 bits per heavy atom. The van der Waals surface area contributed by atoms with Crippen LogP contribution in [-0.2, 0) is 14.6 Å². The summed E-state index contributed by atoms with van der Waals surface area (Å²) >= 11 is 0. The molecule has 0 aromatic carbocycles. The van der Waals surface area contributed by atoms with E-state index in [1.807, 2.05) is 0 Å². The highest BCUT2D eigenvalue weighted by Crippen LogP contribution is 1.75. The highest BCUT2D eigenvalue weighted by molar-refractivity contribution is 5.65. The van der Waals surface area contributed by atoms with E-state index in [0.29, 0.717) is 6.61 Å². The molecular formula is C4H10O4. The third-order valence-electron chi connectivity index (χ3n) is 0.294. The van der Waals surface area contributed by atoms with Gasteiger partial charge in [-0.2, -0.15) is 4.89 Å². The first kappa shape index (κ1) is 10.4. The zero-order valence-corrected chi connectivity index (χ0v) is 4.93. The highest BCUT2D eigenvalue weighted by Gasteiger charge is 1.86. The molecule has 0 aliphatic rings. The van der Waals surface area contributed by atoms with Crippen LogP contribution >= 0.6 is 0 Å². The number of carbonyl (C=O) groups excluding carboxylic acids is 1. The summed E-state index contributed by atoms with van der Waals surface area (Å²) in [7, 11) is 0. The van der Waals surface area contributed by atoms with Gasteiger partial charge in [0.2, 0.25) is 0 Å². The monoisotopic (exact) mass is 122 g/mol. The summed E-state index contributed by atoms with van der Waals surface area (Å²) in [6, 6.07) is 0. The van der Waals surface area contributed by atoms with Gasteiger partial charge in [0, 0.05) is 6.92 Å². The molecule has 0 saturated heterocycles. The molecule has 50 valence electrons. The van der Waals surface area contributed by atoms with Crippen molar-refractivity contribution in [3.63, 3.8) is 0 Å². The fourth-order valence-corrected chi connectivity index (χ4v) is 0.142. The molecule has 8 heavy (non-hydrogen) atoms. The SMILES string of the molecule is CCOOC(C)=O.O. The number of hydrogen-bond acceptors (Lipinski definition) is 3. The molecule has 0 aromatic heterocycles. The first-order chi connectivity index (χ1) is 3.27. The van der Waals surface area contributed by atoms with Gasteiger partial charge in [0.25, 0.3) is 0 Å². The summed E-state index contributed by atoms with van der Waals surface area (Å²) in [5, 5.41) is 0. The Bertz CT molecular complexity index is 61.1. The summed E-state index contributed by atoms with van der Waals surface area (Å²) in [6.45, 7) is 3.43. The van der Waals surface area contributed by atoms with Gasteiger partial charge in [0.05, 0.1) is 6.61 Å². The lowest BCUT2D eigenvalue weighted by atomic mass is 10.8. The summed E-state index contributed by atoms with van der Waals surface area (Å²) in [5.74, 6) is -0.415. The van der Waals surface area contributed by atoms with Gasteiger partial charge in [-0.3, -0.25) is 4.89 Å². The van der Waals surface area contributed by atoms with Crippen LogP contribution in [0, 0.1) is 0 Å². The number of carbonyl (C=O) groups is 1. The Balaban J connectivity index is 0. The Kier molecular flexibility index (Phi) is 8.30. The lowest BCUT2D eigenvalue weighted by Crippen LogP contribution is -1.98. The van der Waals surface area contributed by atoms with Crippen molar-refractivity contribution in [1.82, 2.24) is 0 Å². The third-order valence-corrected chi connectivity index (χ3v) is 0.294. The predicted molar refractivity (Wildman–Crippen MR) is 27.0 cm³/mol. The van der Waals surface area contributed by atoms with Crippen LogP contribution in [0.25, 0.3) is 0 Å². The fourth-order valence-electron chi connectivity index (χ4n) is 0.142. The van der Waals surface area contributed by atoms with Crippen molar-refractivity contribution in [2.24, 2.45) is 0 Å². The molecule has 0 saturated carbocycles. The summed E-state index contributed by atoms with van der Waals surface area (Å²) in [4.78, 5) is 18.2. The van der Waals surface area contributed by atoms with Crippen molar-refractivity contribution in [2.75, 3.05) is 6.61 Å². The van der Waals surface area contributed by atoms with Crippen LogP contribution in [0.5, 0.6) is 0 Å². The topological polar surface area (TPSA) is 67.0 Å². The second-order valence-corrected chi connectivity index (χ2v) is 0.981. The van der Waals surface area contributed by atoms with E-state index in [0.717, 1.165) is 0 Å². The normalized spacial score (nSPS) is 7.25. The van der Waals surface area contributed by atoms with Crippen molar-refractivity contribution in [3.8, 4) is 0 Å². The molecule has 0 heterocycles. The molecule has 0 atom stereocenters. The van der Waals surface area contributed by atoms with Crippen molar-refractivity contribution in [1.29, 1.82) is 0 Å². The van der Waals surface area contributed by atoms with Gasteiger partial charge in [-0.25, -0.2) is 4.79 Å².